The Morgan fingerprint density at radius 3 is 2.43 bits per heavy atom. The Morgan fingerprint density at radius 1 is 1.22 bits per heavy atom. The first-order valence-electron chi connectivity index (χ1n) is 6.87. The van der Waals surface area contributed by atoms with E-state index in [1.165, 1.54) is 11.8 Å². The predicted molar refractivity (Wildman–Crippen MR) is 96.1 cm³/mol. The minimum absolute atomic E-state index is 0. The van der Waals surface area contributed by atoms with Crippen LogP contribution in [0.2, 0.25) is 0 Å². The second-order valence-corrected chi connectivity index (χ2v) is 5.19. The maximum atomic E-state index is 12.1. The SMILES string of the molecule is CN(C)Cc1ccccc1CNC(=O)c1coc(CN)c1.Cl.Cl. The molecule has 0 bridgehead atoms. The van der Waals surface area contributed by atoms with Gasteiger partial charge in [0.05, 0.1) is 12.1 Å². The van der Waals surface area contributed by atoms with Gasteiger partial charge in [-0.05, 0) is 31.3 Å². The normalized spacial score (nSPS) is 9.91. The Kier molecular flexibility index (Phi) is 9.60. The third kappa shape index (κ3) is 6.23. The summed E-state index contributed by atoms with van der Waals surface area (Å²) < 4.78 is 5.17. The highest BCUT2D eigenvalue weighted by molar-refractivity contribution is 5.93. The second kappa shape index (κ2) is 10.3. The minimum atomic E-state index is -0.155. The van der Waals surface area contributed by atoms with E-state index in [4.69, 9.17) is 10.2 Å². The zero-order chi connectivity index (χ0) is 15.2. The Hall–Kier alpha value is -1.53. The van der Waals surface area contributed by atoms with Crippen molar-refractivity contribution in [1.82, 2.24) is 10.2 Å². The molecule has 0 atom stereocenters. The molecule has 0 spiro atoms. The highest BCUT2D eigenvalue weighted by Crippen LogP contribution is 2.11. The van der Waals surface area contributed by atoms with Gasteiger partial charge < -0.3 is 20.4 Å². The van der Waals surface area contributed by atoms with Crippen molar-refractivity contribution in [3.05, 3.63) is 59.0 Å². The molecule has 2 aromatic rings. The van der Waals surface area contributed by atoms with Gasteiger partial charge in [0.25, 0.3) is 5.91 Å². The fraction of sp³-hybridized carbons (Fsp3) is 0.312. The van der Waals surface area contributed by atoms with Crippen molar-refractivity contribution in [2.24, 2.45) is 5.73 Å². The number of nitrogens with one attached hydrogen (secondary N) is 1. The zero-order valence-corrected chi connectivity index (χ0v) is 14.9. The fourth-order valence-electron chi connectivity index (χ4n) is 2.11. The number of halogens is 2. The first-order valence-corrected chi connectivity index (χ1v) is 6.87. The molecule has 23 heavy (non-hydrogen) atoms. The number of nitrogens with zero attached hydrogens (tertiary/aromatic N) is 1. The van der Waals surface area contributed by atoms with E-state index >= 15 is 0 Å². The van der Waals surface area contributed by atoms with Crippen molar-refractivity contribution in [1.29, 1.82) is 0 Å². The van der Waals surface area contributed by atoms with Gasteiger partial charge in [0, 0.05) is 13.1 Å². The van der Waals surface area contributed by atoms with E-state index in [-0.39, 0.29) is 30.7 Å². The monoisotopic (exact) mass is 359 g/mol. The topological polar surface area (TPSA) is 71.5 Å². The molecular formula is C16H23Cl2N3O2. The standard InChI is InChI=1S/C16H21N3O2.2ClH/c1-19(2)10-13-6-4-3-5-12(13)9-18-16(20)14-7-15(8-17)21-11-14;;/h3-7,11H,8-10,17H2,1-2H3,(H,18,20);2*1H. The molecule has 0 aliphatic heterocycles. The number of benzene rings is 1. The summed E-state index contributed by atoms with van der Waals surface area (Å²) in [6.07, 6.45) is 1.43. The van der Waals surface area contributed by atoms with Crippen LogP contribution < -0.4 is 11.1 Å². The number of hydrogen-bond acceptors (Lipinski definition) is 4. The third-order valence-electron chi connectivity index (χ3n) is 3.16. The number of carbonyl (C=O) groups excluding carboxylic acids is 1. The van der Waals surface area contributed by atoms with E-state index in [2.05, 4.69) is 16.3 Å². The molecule has 128 valence electrons. The number of rotatable bonds is 6. The van der Waals surface area contributed by atoms with E-state index in [9.17, 15) is 4.79 Å². The molecule has 1 heterocycles. The summed E-state index contributed by atoms with van der Waals surface area (Å²) >= 11 is 0. The highest BCUT2D eigenvalue weighted by Gasteiger charge is 2.10. The van der Waals surface area contributed by atoms with Crippen molar-refractivity contribution in [2.45, 2.75) is 19.6 Å². The average Bonchev–Trinajstić information content (AvgIpc) is 2.94. The lowest BCUT2D eigenvalue weighted by Crippen LogP contribution is -2.23. The molecule has 0 unspecified atom stereocenters. The van der Waals surface area contributed by atoms with Crippen LogP contribution >= 0.6 is 24.8 Å². The number of furan rings is 1. The highest BCUT2D eigenvalue weighted by atomic mass is 35.5. The Labute approximate surface area is 149 Å². The first kappa shape index (κ1) is 21.5. The number of nitrogens with two attached hydrogens (primary N) is 1. The summed E-state index contributed by atoms with van der Waals surface area (Å²) in [6.45, 7) is 1.63. The van der Waals surface area contributed by atoms with Gasteiger partial charge in [-0.15, -0.1) is 24.8 Å². The van der Waals surface area contributed by atoms with Crippen LogP contribution in [0.3, 0.4) is 0 Å². The van der Waals surface area contributed by atoms with Crippen LogP contribution in [0, 0.1) is 0 Å². The molecule has 0 saturated carbocycles. The van der Waals surface area contributed by atoms with Crippen LogP contribution in [0.25, 0.3) is 0 Å². The molecule has 1 amide bonds. The van der Waals surface area contributed by atoms with Crippen molar-refractivity contribution >= 4 is 30.7 Å². The van der Waals surface area contributed by atoms with E-state index in [0.717, 1.165) is 12.1 Å². The van der Waals surface area contributed by atoms with Crippen LogP contribution in [0.4, 0.5) is 0 Å². The molecular weight excluding hydrogens is 337 g/mol. The molecule has 3 N–H and O–H groups in total. The fourth-order valence-corrected chi connectivity index (χ4v) is 2.11. The number of hydrogen-bond donors (Lipinski definition) is 2. The van der Waals surface area contributed by atoms with Crippen LogP contribution in [0.5, 0.6) is 0 Å². The summed E-state index contributed by atoms with van der Waals surface area (Å²) in [5.41, 5.74) is 8.28. The number of amides is 1. The number of carbonyl (C=O) groups is 1. The van der Waals surface area contributed by atoms with E-state index < -0.39 is 0 Å². The van der Waals surface area contributed by atoms with E-state index in [1.54, 1.807) is 6.07 Å². The van der Waals surface area contributed by atoms with E-state index in [1.807, 2.05) is 32.3 Å². The zero-order valence-electron chi connectivity index (χ0n) is 13.2. The van der Waals surface area contributed by atoms with Gasteiger partial charge in [0.15, 0.2) is 0 Å². The van der Waals surface area contributed by atoms with Gasteiger partial charge in [0.2, 0.25) is 0 Å². The molecule has 1 aromatic carbocycles. The van der Waals surface area contributed by atoms with Crippen molar-refractivity contribution in [2.75, 3.05) is 14.1 Å². The Balaban J connectivity index is 0.00000242. The smallest absolute Gasteiger partial charge is 0.254 e. The largest absolute Gasteiger partial charge is 0.467 e. The summed E-state index contributed by atoms with van der Waals surface area (Å²) in [6, 6.07) is 9.76. The van der Waals surface area contributed by atoms with Crippen molar-refractivity contribution < 1.29 is 9.21 Å². The van der Waals surface area contributed by atoms with Crippen molar-refractivity contribution in [3.63, 3.8) is 0 Å². The first-order chi connectivity index (χ1) is 10.1. The molecule has 0 aliphatic rings. The maximum absolute atomic E-state index is 12.1. The Bertz CT molecular complexity index is 615. The molecule has 0 radical (unpaired) electrons. The van der Waals surface area contributed by atoms with Crippen LogP contribution in [-0.4, -0.2) is 24.9 Å². The van der Waals surface area contributed by atoms with Gasteiger partial charge in [-0.1, -0.05) is 24.3 Å². The predicted octanol–water partition coefficient (Wildman–Crippen LogP) is 2.57. The minimum Gasteiger partial charge on any atom is -0.467 e. The lowest BCUT2D eigenvalue weighted by molar-refractivity contribution is 0.0950. The molecule has 1 aromatic heterocycles. The van der Waals surface area contributed by atoms with Gasteiger partial charge in [-0.2, -0.15) is 0 Å². The van der Waals surface area contributed by atoms with Gasteiger partial charge in [0.1, 0.15) is 12.0 Å². The second-order valence-electron chi connectivity index (χ2n) is 5.19. The lowest BCUT2D eigenvalue weighted by Gasteiger charge is -2.14. The average molecular weight is 360 g/mol. The molecule has 2 rings (SSSR count). The van der Waals surface area contributed by atoms with Gasteiger partial charge >= 0.3 is 0 Å². The van der Waals surface area contributed by atoms with Crippen LogP contribution in [-0.2, 0) is 19.6 Å². The summed E-state index contributed by atoms with van der Waals surface area (Å²) in [7, 11) is 4.05. The molecule has 7 heteroatoms. The van der Waals surface area contributed by atoms with Crippen molar-refractivity contribution in [3.8, 4) is 0 Å². The van der Waals surface area contributed by atoms with Crippen LogP contribution in [0.1, 0.15) is 27.2 Å². The molecule has 0 fully saturated rings. The Morgan fingerprint density at radius 2 is 1.87 bits per heavy atom. The summed E-state index contributed by atoms with van der Waals surface area (Å²) in [5.74, 6) is 0.450. The summed E-state index contributed by atoms with van der Waals surface area (Å²) in [5, 5.41) is 2.91. The summed E-state index contributed by atoms with van der Waals surface area (Å²) in [4.78, 5) is 14.2. The molecule has 0 aliphatic carbocycles. The maximum Gasteiger partial charge on any atom is 0.254 e. The van der Waals surface area contributed by atoms with Gasteiger partial charge in [-0.3, -0.25) is 4.79 Å². The molecule has 0 saturated heterocycles. The quantitative estimate of drug-likeness (QED) is 0.831. The van der Waals surface area contributed by atoms with Crippen LogP contribution in [0.15, 0.2) is 41.0 Å². The van der Waals surface area contributed by atoms with E-state index in [0.29, 0.717) is 24.4 Å². The van der Waals surface area contributed by atoms with Gasteiger partial charge in [-0.25, -0.2) is 0 Å². The molecule has 5 nitrogen and oxygen atoms in total. The lowest BCUT2D eigenvalue weighted by atomic mass is 10.1. The third-order valence-corrected chi connectivity index (χ3v) is 3.16.